The number of amides is 1. The fraction of sp³-hybridized carbons (Fsp3) is 0.308. The quantitative estimate of drug-likeness (QED) is 0.896. The predicted molar refractivity (Wildman–Crippen MR) is 74.7 cm³/mol. The van der Waals surface area contributed by atoms with Crippen molar-refractivity contribution in [3.63, 3.8) is 0 Å². The molecule has 1 aromatic carbocycles. The largest absolute Gasteiger partial charge is 0.352 e. The van der Waals surface area contributed by atoms with Crippen LogP contribution < -0.4 is 5.32 Å². The number of nitrogens with one attached hydrogen (secondary N) is 1. The molecule has 2 aromatic rings. The summed E-state index contributed by atoms with van der Waals surface area (Å²) in [6.07, 6.45) is 1.74. The number of carbonyl (C=O) groups excluding carboxylic acids is 1. The lowest BCUT2D eigenvalue weighted by molar-refractivity contribution is -0.121. The molecule has 110 valence electrons. The van der Waals surface area contributed by atoms with E-state index < -0.39 is 9.84 Å². The van der Waals surface area contributed by atoms with E-state index in [9.17, 15) is 13.2 Å². The van der Waals surface area contributed by atoms with Crippen LogP contribution in [-0.2, 0) is 21.2 Å². The smallest absolute Gasteiger partial charge is 0.220 e. The van der Waals surface area contributed by atoms with Gasteiger partial charge in [0.25, 0.3) is 0 Å². The van der Waals surface area contributed by atoms with E-state index in [4.69, 9.17) is 0 Å². The van der Waals surface area contributed by atoms with Gasteiger partial charge in [0.1, 0.15) is 11.0 Å². The van der Waals surface area contributed by atoms with Gasteiger partial charge in [-0.2, -0.15) is 0 Å². The Balaban J connectivity index is 1.55. The number of nitrogens with zero attached hydrogens (tertiary/aromatic N) is 2. The van der Waals surface area contributed by atoms with Crippen molar-refractivity contribution in [2.24, 2.45) is 5.92 Å². The zero-order valence-corrected chi connectivity index (χ0v) is 11.8. The molecule has 1 aliphatic heterocycles. The highest BCUT2D eigenvalue weighted by Gasteiger charge is 2.23. The Hall–Kier alpha value is -2.22. The minimum Gasteiger partial charge on any atom is -0.352 e. The minimum atomic E-state index is -3.11. The number of sulfone groups is 1. The molecule has 7 nitrogen and oxygen atoms in total. The average molecular weight is 307 g/mol. The Kier molecular flexibility index (Phi) is 3.46. The lowest BCUT2D eigenvalue weighted by atomic mass is 10.1. The van der Waals surface area contributed by atoms with E-state index in [0.717, 1.165) is 5.56 Å². The zero-order chi connectivity index (χ0) is 14.9. The summed E-state index contributed by atoms with van der Waals surface area (Å²) < 4.78 is 27.1. The van der Waals surface area contributed by atoms with E-state index in [0.29, 0.717) is 17.6 Å². The monoisotopic (exact) mass is 307 g/mol. The fourth-order valence-electron chi connectivity index (χ4n) is 2.22. The molecule has 8 heteroatoms. The van der Waals surface area contributed by atoms with Gasteiger partial charge in [-0.15, -0.1) is 0 Å². The van der Waals surface area contributed by atoms with Crippen molar-refractivity contribution in [3.8, 4) is 0 Å². The third kappa shape index (κ3) is 3.27. The van der Waals surface area contributed by atoms with Gasteiger partial charge in [-0.1, -0.05) is 12.1 Å². The molecule has 0 aliphatic carbocycles. The van der Waals surface area contributed by atoms with Crippen molar-refractivity contribution >= 4 is 26.8 Å². The Labute approximate surface area is 120 Å². The van der Waals surface area contributed by atoms with Crippen LogP contribution in [0.15, 0.2) is 34.3 Å². The second-order valence-corrected chi connectivity index (χ2v) is 6.92. The first-order chi connectivity index (χ1) is 10.0. The van der Waals surface area contributed by atoms with Crippen LogP contribution in [0.2, 0.25) is 0 Å². The molecule has 1 atom stereocenters. The van der Waals surface area contributed by atoms with Gasteiger partial charge in [0.05, 0.1) is 5.75 Å². The van der Waals surface area contributed by atoms with Crippen molar-refractivity contribution in [1.29, 1.82) is 0 Å². The second-order valence-electron chi connectivity index (χ2n) is 4.99. The van der Waals surface area contributed by atoms with Crippen LogP contribution in [0, 0.1) is 5.92 Å². The third-order valence-corrected chi connectivity index (χ3v) is 4.72. The maximum Gasteiger partial charge on any atom is 0.220 e. The van der Waals surface area contributed by atoms with Crippen molar-refractivity contribution < 1.29 is 17.8 Å². The first kappa shape index (κ1) is 13.7. The molecule has 0 bridgehead atoms. The average Bonchev–Trinajstić information content (AvgIpc) is 3.02. The highest BCUT2D eigenvalue weighted by Crippen LogP contribution is 2.18. The molecule has 21 heavy (non-hydrogen) atoms. The summed E-state index contributed by atoms with van der Waals surface area (Å²) in [5, 5.41) is 11.4. The van der Waals surface area contributed by atoms with E-state index in [-0.39, 0.29) is 24.0 Å². The number of fused-ring (bicyclic) bond motifs is 1. The van der Waals surface area contributed by atoms with Gasteiger partial charge < -0.3 is 5.32 Å². The molecule has 0 saturated heterocycles. The predicted octanol–water partition coefficient (Wildman–Crippen LogP) is 0.787. The van der Waals surface area contributed by atoms with Crippen molar-refractivity contribution in [2.75, 3.05) is 5.75 Å². The lowest BCUT2D eigenvalue weighted by Crippen LogP contribution is -2.25. The van der Waals surface area contributed by atoms with Gasteiger partial charge in [-0.05, 0) is 28.0 Å². The summed E-state index contributed by atoms with van der Waals surface area (Å²) in [5.74, 6) is -0.408. The molecule has 1 unspecified atom stereocenters. The summed E-state index contributed by atoms with van der Waals surface area (Å²) >= 11 is 0. The summed E-state index contributed by atoms with van der Waals surface area (Å²) in [5.41, 5.74) is 2.17. The van der Waals surface area contributed by atoms with Crippen LogP contribution in [-0.4, -0.2) is 30.4 Å². The molecule has 3 rings (SSSR count). The van der Waals surface area contributed by atoms with Crippen LogP contribution in [0.5, 0.6) is 0 Å². The van der Waals surface area contributed by atoms with Gasteiger partial charge in [-0.3, -0.25) is 4.79 Å². The van der Waals surface area contributed by atoms with Crippen LogP contribution in [0.1, 0.15) is 12.0 Å². The number of hydrogen-bond donors (Lipinski definition) is 1. The minimum absolute atomic E-state index is 0.0109. The van der Waals surface area contributed by atoms with Gasteiger partial charge in [-0.25, -0.2) is 13.0 Å². The van der Waals surface area contributed by atoms with Crippen LogP contribution in [0.3, 0.4) is 0 Å². The molecule has 1 N–H and O–H groups in total. The molecule has 1 aromatic heterocycles. The zero-order valence-electron chi connectivity index (χ0n) is 11.0. The topological polar surface area (TPSA) is 102 Å². The van der Waals surface area contributed by atoms with Crippen molar-refractivity contribution in [3.05, 3.63) is 35.2 Å². The molecule has 0 saturated carbocycles. The van der Waals surface area contributed by atoms with Crippen LogP contribution in [0.25, 0.3) is 11.0 Å². The molecule has 2 heterocycles. The Morgan fingerprint density at radius 1 is 1.33 bits per heavy atom. The fourth-order valence-corrected chi connectivity index (χ4v) is 3.61. The standard InChI is InChI=1S/C13H13N3O4S/c17-13(6-10-3-4-21(18,19)8-10)14-7-9-1-2-11-12(5-9)16-20-15-11/h1-5,10H,6-8H2,(H,14,17). The molecular weight excluding hydrogens is 294 g/mol. The van der Waals surface area contributed by atoms with Crippen LogP contribution >= 0.6 is 0 Å². The molecule has 0 fully saturated rings. The number of hydrogen-bond acceptors (Lipinski definition) is 6. The number of benzene rings is 1. The van der Waals surface area contributed by atoms with Gasteiger partial charge in [0.15, 0.2) is 9.84 Å². The first-order valence-electron chi connectivity index (χ1n) is 6.41. The Bertz CT molecular complexity index is 810. The maximum absolute atomic E-state index is 11.8. The molecule has 0 radical (unpaired) electrons. The SMILES string of the molecule is O=C(CC1C=CS(=O)(=O)C1)NCc1ccc2nonc2c1. The van der Waals surface area contributed by atoms with E-state index in [1.165, 1.54) is 5.41 Å². The van der Waals surface area contributed by atoms with Crippen molar-refractivity contribution in [2.45, 2.75) is 13.0 Å². The molecule has 1 aliphatic rings. The summed E-state index contributed by atoms with van der Waals surface area (Å²) in [4.78, 5) is 11.8. The van der Waals surface area contributed by atoms with Gasteiger partial charge in [0, 0.05) is 24.3 Å². The van der Waals surface area contributed by atoms with E-state index in [2.05, 4.69) is 20.3 Å². The van der Waals surface area contributed by atoms with Crippen LogP contribution in [0.4, 0.5) is 0 Å². The highest BCUT2D eigenvalue weighted by molar-refractivity contribution is 7.94. The maximum atomic E-state index is 11.8. The Morgan fingerprint density at radius 2 is 2.14 bits per heavy atom. The lowest BCUT2D eigenvalue weighted by Gasteiger charge is -2.08. The third-order valence-electron chi connectivity index (χ3n) is 3.26. The van der Waals surface area contributed by atoms with Gasteiger partial charge in [0.2, 0.25) is 5.91 Å². The molecular formula is C13H13N3O4S. The highest BCUT2D eigenvalue weighted by atomic mass is 32.2. The summed E-state index contributed by atoms with van der Waals surface area (Å²) in [6, 6.07) is 5.37. The number of carbonyl (C=O) groups is 1. The summed E-state index contributed by atoms with van der Waals surface area (Å²) in [7, 11) is -3.11. The van der Waals surface area contributed by atoms with E-state index >= 15 is 0 Å². The molecule has 1 amide bonds. The van der Waals surface area contributed by atoms with E-state index in [1.807, 2.05) is 6.07 Å². The second kappa shape index (κ2) is 5.28. The summed E-state index contributed by atoms with van der Waals surface area (Å²) in [6.45, 7) is 0.352. The Morgan fingerprint density at radius 3 is 2.90 bits per heavy atom. The normalized spacial score (nSPS) is 19.9. The molecule has 0 spiro atoms. The number of allylic oxidation sites excluding steroid dienone is 1. The van der Waals surface area contributed by atoms with Crippen molar-refractivity contribution in [1.82, 2.24) is 15.6 Å². The number of aromatic nitrogens is 2. The van der Waals surface area contributed by atoms with Gasteiger partial charge >= 0.3 is 0 Å². The van der Waals surface area contributed by atoms with E-state index in [1.54, 1.807) is 18.2 Å². The number of rotatable bonds is 4. The first-order valence-corrected chi connectivity index (χ1v) is 8.12.